The summed E-state index contributed by atoms with van der Waals surface area (Å²) in [6.07, 6.45) is 4.63. The minimum absolute atomic E-state index is 0.403. The lowest BCUT2D eigenvalue weighted by molar-refractivity contribution is 0.286. The number of thiocarbonyl (C=S) groups is 1. The van der Waals surface area contributed by atoms with Gasteiger partial charge in [-0.2, -0.15) is 0 Å². The maximum absolute atomic E-state index is 11.5. The number of unbranched alkanes of at least 4 members (excludes halogenated alkanes) is 1. The third kappa shape index (κ3) is 3.80. The summed E-state index contributed by atoms with van der Waals surface area (Å²) in [5, 5.41) is 1.39. The Bertz CT molecular complexity index is 434. The Morgan fingerprint density at radius 3 is 2.37 bits per heavy atom. The molecule has 0 amide bonds. The van der Waals surface area contributed by atoms with Crippen LogP contribution in [0.5, 0.6) is 0 Å². The molecule has 0 saturated heterocycles. The monoisotopic (exact) mass is 329 g/mol. The predicted molar refractivity (Wildman–Crippen MR) is 75.0 cm³/mol. The SMILES string of the molecule is O=P(O)(O)C1(P(=O)(O)O)C=CCC(CCCC=S)N1. The predicted octanol–water partition coefficient (Wildman–Crippen LogP) is 1.08. The van der Waals surface area contributed by atoms with Crippen molar-refractivity contribution in [2.45, 2.75) is 36.7 Å². The molecule has 0 aromatic heterocycles. The summed E-state index contributed by atoms with van der Waals surface area (Å²) < 4.78 is 23.0. The lowest BCUT2D eigenvalue weighted by Gasteiger charge is -2.38. The van der Waals surface area contributed by atoms with Crippen molar-refractivity contribution in [3.63, 3.8) is 0 Å². The molecule has 0 aromatic carbocycles. The molecule has 0 bridgehead atoms. The van der Waals surface area contributed by atoms with E-state index in [-0.39, 0.29) is 0 Å². The van der Waals surface area contributed by atoms with Crippen LogP contribution in [0.25, 0.3) is 0 Å². The first-order valence-electron chi connectivity index (χ1n) is 5.64. The van der Waals surface area contributed by atoms with Gasteiger partial charge in [0.25, 0.3) is 0 Å². The highest BCUT2D eigenvalue weighted by Gasteiger charge is 2.60. The van der Waals surface area contributed by atoms with Crippen LogP contribution in [0.15, 0.2) is 12.2 Å². The maximum Gasteiger partial charge on any atom is 0.361 e. The highest BCUT2D eigenvalue weighted by molar-refractivity contribution is 7.78. The number of hydrogen-bond acceptors (Lipinski definition) is 4. The number of hydrogen-bond donors (Lipinski definition) is 5. The van der Waals surface area contributed by atoms with E-state index in [1.165, 1.54) is 6.08 Å². The Morgan fingerprint density at radius 2 is 1.89 bits per heavy atom. The fourth-order valence-corrected chi connectivity index (χ4v) is 4.80. The summed E-state index contributed by atoms with van der Waals surface area (Å²) in [5.41, 5.74) is 0. The summed E-state index contributed by atoms with van der Waals surface area (Å²) in [5.74, 6) is 0. The average Bonchev–Trinajstić information content (AvgIpc) is 2.27. The van der Waals surface area contributed by atoms with Gasteiger partial charge in [0.15, 0.2) is 0 Å². The van der Waals surface area contributed by atoms with Gasteiger partial charge >= 0.3 is 15.2 Å². The average molecular weight is 329 g/mol. The first kappa shape index (κ1) is 17.1. The quantitative estimate of drug-likeness (QED) is 0.212. The van der Waals surface area contributed by atoms with Crippen LogP contribution in [0.4, 0.5) is 0 Å². The first-order chi connectivity index (χ1) is 8.64. The molecule has 1 rings (SSSR count). The van der Waals surface area contributed by atoms with Gasteiger partial charge in [0.1, 0.15) is 0 Å². The zero-order valence-corrected chi connectivity index (χ0v) is 12.7. The summed E-state index contributed by atoms with van der Waals surface area (Å²) in [4.78, 5) is 37.2. The molecule has 1 unspecified atom stereocenters. The summed E-state index contributed by atoms with van der Waals surface area (Å²) >= 11 is 4.67. The van der Waals surface area contributed by atoms with Crippen molar-refractivity contribution >= 4 is 32.8 Å². The Kier molecular flexibility index (Phi) is 5.63. The Morgan fingerprint density at radius 1 is 1.32 bits per heavy atom. The Balaban J connectivity index is 2.98. The summed E-state index contributed by atoms with van der Waals surface area (Å²) in [6, 6.07) is -0.403. The highest BCUT2D eigenvalue weighted by atomic mass is 32.1. The van der Waals surface area contributed by atoms with E-state index < -0.39 is 26.3 Å². The minimum atomic E-state index is -5.06. The molecule has 0 aromatic rings. The van der Waals surface area contributed by atoms with E-state index in [1.54, 1.807) is 5.37 Å². The van der Waals surface area contributed by atoms with Crippen molar-refractivity contribution in [1.29, 1.82) is 0 Å². The highest BCUT2D eigenvalue weighted by Crippen LogP contribution is 2.68. The van der Waals surface area contributed by atoms with Crippen molar-refractivity contribution in [2.24, 2.45) is 0 Å². The van der Waals surface area contributed by atoms with E-state index >= 15 is 0 Å². The second kappa shape index (κ2) is 6.24. The van der Waals surface area contributed by atoms with Crippen LogP contribution >= 0.6 is 27.4 Å². The smallest absolute Gasteiger partial charge is 0.322 e. The molecule has 1 heterocycles. The molecule has 5 N–H and O–H groups in total. The fraction of sp³-hybridized carbons (Fsp3) is 0.667. The lowest BCUT2D eigenvalue weighted by atomic mass is 10.0. The van der Waals surface area contributed by atoms with E-state index in [1.807, 2.05) is 0 Å². The van der Waals surface area contributed by atoms with E-state index in [9.17, 15) is 28.7 Å². The molecule has 0 fully saturated rings. The van der Waals surface area contributed by atoms with Gasteiger partial charge < -0.3 is 19.6 Å². The molecule has 10 heteroatoms. The molecule has 19 heavy (non-hydrogen) atoms. The molecule has 110 valence electrons. The van der Waals surface area contributed by atoms with Crippen LogP contribution in [-0.4, -0.2) is 36.0 Å². The molecule has 1 aliphatic rings. The zero-order valence-electron chi connectivity index (χ0n) is 10.0. The largest absolute Gasteiger partial charge is 0.361 e. The van der Waals surface area contributed by atoms with E-state index in [0.29, 0.717) is 25.7 Å². The molecule has 1 atom stereocenters. The molecule has 0 aliphatic carbocycles. The van der Waals surface area contributed by atoms with Gasteiger partial charge in [0, 0.05) is 6.04 Å². The van der Waals surface area contributed by atoms with Crippen molar-refractivity contribution in [1.82, 2.24) is 5.32 Å². The molecule has 0 spiro atoms. The van der Waals surface area contributed by atoms with Crippen LogP contribution in [0.3, 0.4) is 0 Å². The standard InChI is InChI=1S/C9H17NO6P2S/c11-17(12,13)9(18(14,15)16)6-3-5-8(10-9)4-1-2-7-19/h3,6-8,10H,1-2,4-5H2,(H2,11,12,13)(H2,14,15,16). The van der Waals surface area contributed by atoms with Gasteiger partial charge in [-0.05, 0) is 37.1 Å². The maximum atomic E-state index is 11.5. The van der Waals surface area contributed by atoms with Crippen LogP contribution in [0.2, 0.25) is 0 Å². The normalized spacial score (nSPS) is 23.3. The van der Waals surface area contributed by atoms with Crippen LogP contribution in [-0.2, 0) is 9.13 Å². The van der Waals surface area contributed by atoms with Crippen molar-refractivity contribution in [3.8, 4) is 0 Å². The number of rotatable bonds is 6. The van der Waals surface area contributed by atoms with Crippen LogP contribution < -0.4 is 5.32 Å². The third-order valence-corrected chi connectivity index (χ3v) is 7.08. The molecule has 1 aliphatic heterocycles. The van der Waals surface area contributed by atoms with Crippen molar-refractivity contribution in [2.75, 3.05) is 0 Å². The first-order valence-corrected chi connectivity index (χ1v) is 9.34. The molecular formula is C9H17NO6P2S. The number of nitrogens with one attached hydrogen (secondary N) is 1. The summed E-state index contributed by atoms with van der Waals surface area (Å²) in [7, 11) is -10.1. The molecule has 7 nitrogen and oxygen atoms in total. The van der Waals surface area contributed by atoms with Crippen LogP contribution in [0.1, 0.15) is 25.7 Å². The lowest BCUT2D eigenvalue weighted by Crippen LogP contribution is -2.50. The third-order valence-electron chi connectivity index (χ3n) is 2.95. The zero-order chi connectivity index (χ0) is 14.7. The van der Waals surface area contributed by atoms with Gasteiger partial charge in [-0.1, -0.05) is 18.3 Å². The van der Waals surface area contributed by atoms with Gasteiger partial charge in [0.05, 0.1) is 0 Å². The minimum Gasteiger partial charge on any atom is -0.322 e. The van der Waals surface area contributed by atoms with Crippen molar-refractivity contribution < 1.29 is 28.7 Å². The van der Waals surface area contributed by atoms with Gasteiger partial charge in [-0.3, -0.25) is 14.4 Å². The topological polar surface area (TPSA) is 127 Å². The summed E-state index contributed by atoms with van der Waals surface area (Å²) in [6.45, 7) is 0. The van der Waals surface area contributed by atoms with Gasteiger partial charge in [-0.25, -0.2) is 0 Å². The molecule has 0 saturated carbocycles. The van der Waals surface area contributed by atoms with E-state index in [0.717, 1.165) is 6.08 Å². The Hall–Kier alpha value is 0.0900. The van der Waals surface area contributed by atoms with Gasteiger partial charge in [0.2, 0.25) is 5.02 Å². The van der Waals surface area contributed by atoms with Crippen LogP contribution in [0, 0.1) is 0 Å². The molecular weight excluding hydrogens is 312 g/mol. The fourth-order valence-electron chi connectivity index (χ4n) is 1.97. The van der Waals surface area contributed by atoms with Gasteiger partial charge in [-0.15, -0.1) is 0 Å². The van der Waals surface area contributed by atoms with E-state index in [4.69, 9.17) is 0 Å². The second-order valence-electron chi connectivity index (χ2n) is 4.39. The molecule has 0 radical (unpaired) electrons. The van der Waals surface area contributed by atoms with E-state index in [2.05, 4.69) is 17.5 Å². The Labute approximate surface area is 116 Å². The second-order valence-corrected chi connectivity index (χ2v) is 8.66. The van der Waals surface area contributed by atoms with Crippen molar-refractivity contribution in [3.05, 3.63) is 12.2 Å².